The highest BCUT2D eigenvalue weighted by atomic mass is 15.1. The largest absolute Gasteiger partial charge is 0.381 e. The van der Waals surface area contributed by atoms with Gasteiger partial charge in [0.05, 0.1) is 5.69 Å². The summed E-state index contributed by atoms with van der Waals surface area (Å²) in [6.07, 6.45) is 6.05. The zero-order chi connectivity index (χ0) is 21.1. The van der Waals surface area contributed by atoms with E-state index in [1.165, 1.54) is 11.1 Å². The van der Waals surface area contributed by atoms with Gasteiger partial charge in [0.2, 0.25) is 0 Å². The molecule has 0 atom stereocenters. The van der Waals surface area contributed by atoms with E-state index in [0.717, 1.165) is 58.3 Å². The number of rotatable bonds is 7. The van der Waals surface area contributed by atoms with Crippen molar-refractivity contribution >= 4 is 11.4 Å². The molecule has 1 aromatic heterocycles. The summed E-state index contributed by atoms with van der Waals surface area (Å²) < 4.78 is 2.04. The van der Waals surface area contributed by atoms with E-state index in [9.17, 15) is 0 Å². The summed E-state index contributed by atoms with van der Waals surface area (Å²) in [7, 11) is 0. The third kappa shape index (κ3) is 4.77. The van der Waals surface area contributed by atoms with Crippen LogP contribution in [0.25, 0.3) is 5.70 Å². The molecule has 0 radical (unpaired) electrons. The Bertz CT molecular complexity index is 1030. The van der Waals surface area contributed by atoms with Gasteiger partial charge in [-0.25, -0.2) is 4.98 Å². The van der Waals surface area contributed by atoms with Crippen LogP contribution in [0.3, 0.4) is 0 Å². The second kappa shape index (κ2) is 8.39. The average molecular weight is 387 g/mol. The minimum Gasteiger partial charge on any atom is -0.381 e. The highest BCUT2D eigenvalue weighted by Crippen LogP contribution is 2.27. The number of benzene rings is 1. The molecular weight excluding hydrogens is 356 g/mol. The van der Waals surface area contributed by atoms with Crippen LogP contribution >= 0.6 is 0 Å². The Balaban J connectivity index is 1.70. The number of nitrogens with zero attached hydrogens (tertiary/aromatic N) is 2. The van der Waals surface area contributed by atoms with Gasteiger partial charge in [-0.3, -0.25) is 0 Å². The Labute approximate surface area is 174 Å². The van der Waals surface area contributed by atoms with Crippen molar-refractivity contribution in [3.8, 4) is 0 Å². The summed E-state index contributed by atoms with van der Waals surface area (Å²) in [5, 5.41) is 6.77. The summed E-state index contributed by atoms with van der Waals surface area (Å²) in [6, 6.07) is 6.52. The van der Waals surface area contributed by atoms with Crippen LogP contribution in [0.15, 0.2) is 79.3 Å². The molecule has 0 amide bonds. The molecule has 0 bridgehead atoms. The maximum Gasteiger partial charge on any atom is 0.110 e. The molecule has 0 aliphatic carbocycles. The van der Waals surface area contributed by atoms with Crippen molar-refractivity contribution in [3.05, 3.63) is 102 Å². The van der Waals surface area contributed by atoms with Gasteiger partial charge in [-0.1, -0.05) is 38.4 Å². The number of allylic oxidation sites excluding steroid dienone is 4. The topological polar surface area (TPSA) is 41.9 Å². The van der Waals surface area contributed by atoms with Crippen LogP contribution in [-0.4, -0.2) is 9.55 Å². The first-order valence-electron chi connectivity index (χ1n) is 9.84. The molecule has 3 rings (SSSR count). The van der Waals surface area contributed by atoms with Crippen molar-refractivity contribution in [1.82, 2.24) is 14.9 Å². The first kappa shape index (κ1) is 20.5. The highest BCUT2D eigenvalue weighted by molar-refractivity contribution is 5.67. The molecule has 4 heteroatoms. The lowest BCUT2D eigenvalue weighted by atomic mass is 9.99. The Hall–Kier alpha value is -3.27. The number of aryl methyl sites for hydroxylation is 3. The fourth-order valence-corrected chi connectivity index (χ4v) is 3.44. The van der Waals surface area contributed by atoms with Gasteiger partial charge < -0.3 is 15.2 Å². The second-order valence-electron chi connectivity index (χ2n) is 7.69. The molecule has 1 aliphatic rings. The molecule has 0 fully saturated rings. The van der Waals surface area contributed by atoms with E-state index >= 15 is 0 Å². The molecule has 150 valence electrons. The first-order valence-corrected chi connectivity index (χ1v) is 9.84. The number of hydrogen-bond donors (Lipinski definition) is 2. The van der Waals surface area contributed by atoms with Crippen molar-refractivity contribution in [2.24, 2.45) is 0 Å². The standard InChI is InChI=1S/C25H30N4/c1-16(2)25(29-15-19(5)27-21(29)7)12-17(3)20(6)26-14-22-9-11-23-10-8-18(4)28-24(23)13-22/h9,11-13,15,26,28H,1,3-4,6,8,10,14H2,2,5,7H3/b25-12-. The lowest BCUT2D eigenvalue weighted by Crippen LogP contribution is -2.15. The molecule has 2 heterocycles. The molecule has 2 aromatic rings. The van der Waals surface area contributed by atoms with Gasteiger partial charge >= 0.3 is 0 Å². The summed E-state index contributed by atoms with van der Waals surface area (Å²) in [6.45, 7) is 23.1. The van der Waals surface area contributed by atoms with Gasteiger partial charge in [0.15, 0.2) is 0 Å². The third-order valence-corrected chi connectivity index (χ3v) is 5.09. The van der Waals surface area contributed by atoms with Crippen LogP contribution in [0.1, 0.15) is 36.0 Å². The lowest BCUT2D eigenvalue weighted by molar-refractivity contribution is 0.825. The molecular formula is C25H30N4. The van der Waals surface area contributed by atoms with Crippen molar-refractivity contribution < 1.29 is 0 Å². The molecule has 2 N–H and O–H groups in total. The van der Waals surface area contributed by atoms with E-state index in [1.54, 1.807) is 0 Å². The van der Waals surface area contributed by atoms with E-state index in [0.29, 0.717) is 6.54 Å². The monoisotopic (exact) mass is 386 g/mol. The molecule has 0 spiro atoms. The van der Waals surface area contributed by atoms with Crippen LogP contribution in [-0.2, 0) is 13.0 Å². The van der Waals surface area contributed by atoms with E-state index in [-0.39, 0.29) is 0 Å². The average Bonchev–Trinajstić information content (AvgIpc) is 3.00. The summed E-state index contributed by atoms with van der Waals surface area (Å²) >= 11 is 0. The highest BCUT2D eigenvalue weighted by Gasteiger charge is 2.12. The normalized spacial score (nSPS) is 13.5. The van der Waals surface area contributed by atoms with E-state index in [2.05, 4.69) is 60.1 Å². The molecule has 29 heavy (non-hydrogen) atoms. The fraction of sp³-hybridized carbons (Fsp3) is 0.240. The van der Waals surface area contributed by atoms with Gasteiger partial charge in [0.1, 0.15) is 5.82 Å². The van der Waals surface area contributed by atoms with Crippen LogP contribution < -0.4 is 10.6 Å². The van der Waals surface area contributed by atoms with Crippen LogP contribution in [0.4, 0.5) is 5.69 Å². The van der Waals surface area contributed by atoms with E-state index < -0.39 is 0 Å². The predicted molar refractivity (Wildman–Crippen MR) is 123 cm³/mol. The van der Waals surface area contributed by atoms with Gasteiger partial charge in [0, 0.05) is 35.5 Å². The van der Waals surface area contributed by atoms with Crippen LogP contribution in [0, 0.1) is 13.8 Å². The maximum atomic E-state index is 4.48. The molecule has 1 aliphatic heterocycles. The molecule has 0 saturated heterocycles. The third-order valence-electron chi connectivity index (χ3n) is 5.09. The minimum atomic E-state index is 0.679. The Morgan fingerprint density at radius 1 is 1.24 bits per heavy atom. The number of imidazole rings is 1. The number of fused-ring (bicyclic) bond motifs is 1. The quantitative estimate of drug-likeness (QED) is 0.604. The van der Waals surface area contributed by atoms with Crippen LogP contribution in [0.2, 0.25) is 0 Å². The Morgan fingerprint density at radius 2 is 2.00 bits per heavy atom. The fourth-order valence-electron chi connectivity index (χ4n) is 3.44. The van der Waals surface area contributed by atoms with Gasteiger partial charge in [-0.15, -0.1) is 0 Å². The van der Waals surface area contributed by atoms with Gasteiger partial charge in [-0.2, -0.15) is 0 Å². The van der Waals surface area contributed by atoms with Crippen molar-refractivity contribution in [3.63, 3.8) is 0 Å². The number of anilines is 1. The predicted octanol–water partition coefficient (Wildman–Crippen LogP) is 5.65. The summed E-state index contributed by atoms with van der Waals surface area (Å²) in [5.41, 5.74) is 9.23. The van der Waals surface area contributed by atoms with Crippen molar-refractivity contribution in [2.45, 2.75) is 40.2 Å². The number of hydrogen-bond acceptors (Lipinski definition) is 3. The number of nitrogens with one attached hydrogen (secondary N) is 2. The zero-order valence-corrected chi connectivity index (χ0v) is 17.7. The summed E-state index contributed by atoms with van der Waals surface area (Å²) in [4.78, 5) is 4.48. The molecule has 0 saturated carbocycles. The first-order chi connectivity index (χ1) is 13.7. The second-order valence-corrected chi connectivity index (χ2v) is 7.69. The lowest BCUT2D eigenvalue weighted by Gasteiger charge is -2.21. The Morgan fingerprint density at radius 3 is 2.66 bits per heavy atom. The minimum absolute atomic E-state index is 0.679. The van der Waals surface area contributed by atoms with Crippen molar-refractivity contribution in [1.29, 1.82) is 0 Å². The van der Waals surface area contributed by atoms with Gasteiger partial charge in [0.25, 0.3) is 0 Å². The smallest absolute Gasteiger partial charge is 0.110 e. The Kier molecular flexibility index (Phi) is 5.92. The summed E-state index contributed by atoms with van der Waals surface area (Å²) in [5.74, 6) is 0.922. The van der Waals surface area contributed by atoms with Crippen molar-refractivity contribution in [2.75, 3.05) is 5.32 Å². The zero-order valence-electron chi connectivity index (χ0n) is 17.7. The number of aromatic nitrogens is 2. The van der Waals surface area contributed by atoms with E-state index in [4.69, 9.17) is 0 Å². The SMILES string of the molecule is C=C1CCc2ccc(CNC(=C)C(=C)/C=C(/C(=C)C)n3cc(C)nc3C)cc2N1. The van der Waals surface area contributed by atoms with Gasteiger partial charge in [-0.05, 0) is 68.0 Å². The molecule has 1 aromatic carbocycles. The van der Waals surface area contributed by atoms with E-state index in [1.807, 2.05) is 37.6 Å². The maximum absolute atomic E-state index is 4.48. The molecule has 4 nitrogen and oxygen atoms in total. The van der Waals surface area contributed by atoms with Crippen LogP contribution in [0.5, 0.6) is 0 Å². The molecule has 0 unspecified atom stereocenters.